The Morgan fingerprint density at radius 2 is 1.71 bits per heavy atom. The summed E-state index contributed by atoms with van der Waals surface area (Å²) in [6.07, 6.45) is 0.874. The number of carbonyl (C=O) groups is 1. The second-order valence-electron chi connectivity index (χ2n) is 6.75. The molecule has 0 aliphatic carbocycles. The third kappa shape index (κ3) is 9.07. The molecule has 0 heterocycles. The molecule has 1 unspecified atom stereocenters. The van der Waals surface area contributed by atoms with E-state index >= 15 is 0 Å². The molecule has 0 fully saturated rings. The van der Waals surface area contributed by atoms with Crippen LogP contribution in [0.3, 0.4) is 0 Å². The third-order valence-corrected chi connectivity index (χ3v) is 4.52. The molecule has 0 aliphatic heterocycles. The lowest BCUT2D eigenvalue weighted by molar-refractivity contribution is -0.0504. The SMILES string of the molecule is CCC(C)NC(=O)c1ccc(CNC(=NC)NCc2ccccc2OC(F)F)cc1.I. The highest BCUT2D eigenvalue weighted by atomic mass is 127. The van der Waals surface area contributed by atoms with Gasteiger partial charge in [-0.25, -0.2) is 0 Å². The van der Waals surface area contributed by atoms with E-state index in [1.54, 1.807) is 37.4 Å². The van der Waals surface area contributed by atoms with Crippen molar-refractivity contribution in [3.8, 4) is 5.75 Å². The Bertz CT molecular complexity index is 848. The number of nitrogens with one attached hydrogen (secondary N) is 3. The van der Waals surface area contributed by atoms with Gasteiger partial charge in [0.05, 0.1) is 0 Å². The fraction of sp³-hybridized carbons (Fsp3) is 0.364. The van der Waals surface area contributed by atoms with E-state index in [1.165, 1.54) is 6.07 Å². The molecule has 31 heavy (non-hydrogen) atoms. The number of hydrogen-bond donors (Lipinski definition) is 3. The van der Waals surface area contributed by atoms with Crippen LogP contribution in [0.25, 0.3) is 0 Å². The number of guanidine groups is 1. The Labute approximate surface area is 198 Å². The van der Waals surface area contributed by atoms with Crippen molar-refractivity contribution >= 4 is 35.8 Å². The quantitative estimate of drug-likeness (QED) is 0.249. The van der Waals surface area contributed by atoms with E-state index in [0.29, 0.717) is 23.6 Å². The van der Waals surface area contributed by atoms with E-state index in [-0.39, 0.29) is 48.2 Å². The highest BCUT2D eigenvalue weighted by Gasteiger charge is 2.10. The summed E-state index contributed by atoms with van der Waals surface area (Å²) in [7, 11) is 1.62. The number of nitrogens with zero attached hydrogens (tertiary/aromatic N) is 1. The first-order valence-corrected chi connectivity index (χ1v) is 9.80. The van der Waals surface area contributed by atoms with E-state index in [0.717, 1.165) is 12.0 Å². The molecule has 2 rings (SSSR count). The molecule has 3 N–H and O–H groups in total. The molecule has 9 heteroatoms. The molecule has 1 amide bonds. The van der Waals surface area contributed by atoms with Crippen molar-refractivity contribution in [2.75, 3.05) is 7.05 Å². The zero-order chi connectivity index (χ0) is 21.9. The number of hydrogen-bond acceptors (Lipinski definition) is 3. The van der Waals surface area contributed by atoms with Crippen molar-refractivity contribution in [1.29, 1.82) is 0 Å². The molecule has 0 saturated heterocycles. The lowest BCUT2D eigenvalue weighted by Gasteiger charge is -2.15. The average molecular weight is 546 g/mol. The van der Waals surface area contributed by atoms with Crippen LogP contribution >= 0.6 is 24.0 Å². The standard InChI is InChI=1S/C22H28F2N4O2.HI/c1-4-15(2)28-20(29)17-11-9-16(10-12-17)13-26-22(25-3)27-14-18-7-5-6-8-19(18)30-21(23)24;/h5-12,15,21H,4,13-14H2,1-3H3,(H,28,29)(H2,25,26,27);1H. The molecule has 0 aromatic heterocycles. The molecule has 2 aromatic carbocycles. The van der Waals surface area contributed by atoms with Gasteiger partial charge in [-0.1, -0.05) is 37.3 Å². The van der Waals surface area contributed by atoms with Crippen LogP contribution in [-0.2, 0) is 13.1 Å². The molecule has 0 saturated carbocycles. The van der Waals surface area contributed by atoms with E-state index in [4.69, 9.17) is 0 Å². The topological polar surface area (TPSA) is 74.8 Å². The lowest BCUT2D eigenvalue weighted by Crippen LogP contribution is -2.36. The van der Waals surface area contributed by atoms with Gasteiger partial charge in [-0.15, -0.1) is 24.0 Å². The minimum atomic E-state index is -2.88. The summed E-state index contributed by atoms with van der Waals surface area (Å²) in [5.41, 5.74) is 2.18. The van der Waals surface area contributed by atoms with E-state index in [2.05, 4.69) is 25.7 Å². The molecule has 2 aromatic rings. The fourth-order valence-electron chi connectivity index (χ4n) is 2.63. The van der Waals surface area contributed by atoms with Gasteiger partial charge in [0.2, 0.25) is 0 Å². The highest BCUT2D eigenvalue weighted by molar-refractivity contribution is 14.0. The number of alkyl halides is 2. The number of rotatable bonds is 9. The van der Waals surface area contributed by atoms with E-state index in [9.17, 15) is 13.6 Å². The second kappa shape index (κ2) is 13.8. The molecule has 0 radical (unpaired) electrons. The van der Waals surface area contributed by atoms with Gasteiger partial charge in [-0.2, -0.15) is 8.78 Å². The summed E-state index contributed by atoms with van der Waals surface area (Å²) in [5.74, 6) is 0.549. The maximum absolute atomic E-state index is 12.5. The Balaban J connectivity index is 0.00000480. The monoisotopic (exact) mass is 546 g/mol. The maximum Gasteiger partial charge on any atom is 0.387 e. The van der Waals surface area contributed by atoms with Crippen LogP contribution in [0.5, 0.6) is 5.75 Å². The number of ether oxygens (including phenoxy) is 1. The van der Waals surface area contributed by atoms with Crippen molar-refractivity contribution < 1.29 is 18.3 Å². The molecular weight excluding hydrogens is 517 g/mol. The van der Waals surface area contributed by atoms with Crippen LogP contribution in [0, 0.1) is 0 Å². The number of halogens is 3. The zero-order valence-corrected chi connectivity index (χ0v) is 20.2. The molecule has 6 nitrogen and oxygen atoms in total. The van der Waals surface area contributed by atoms with Crippen LogP contribution in [0.4, 0.5) is 8.78 Å². The summed E-state index contributed by atoms with van der Waals surface area (Å²) < 4.78 is 29.6. The zero-order valence-electron chi connectivity index (χ0n) is 17.8. The Kier molecular flexibility index (Phi) is 11.8. The van der Waals surface area contributed by atoms with Crippen LogP contribution in [-0.4, -0.2) is 31.6 Å². The van der Waals surface area contributed by atoms with Gasteiger partial charge in [0.1, 0.15) is 5.75 Å². The summed E-state index contributed by atoms with van der Waals surface area (Å²) in [6.45, 7) is 1.87. The van der Waals surface area contributed by atoms with Crippen molar-refractivity contribution in [2.45, 2.75) is 46.0 Å². The Morgan fingerprint density at radius 3 is 2.32 bits per heavy atom. The first kappa shape index (κ1) is 26.6. The van der Waals surface area contributed by atoms with Crippen molar-refractivity contribution in [1.82, 2.24) is 16.0 Å². The van der Waals surface area contributed by atoms with Gasteiger partial charge >= 0.3 is 6.61 Å². The van der Waals surface area contributed by atoms with E-state index in [1.807, 2.05) is 26.0 Å². The fourth-order valence-corrected chi connectivity index (χ4v) is 2.63. The van der Waals surface area contributed by atoms with Crippen LogP contribution in [0.1, 0.15) is 41.8 Å². The maximum atomic E-state index is 12.5. The molecule has 170 valence electrons. The lowest BCUT2D eigenvalue weighted by atomic mass is 10.1. The first-order chi connectivity index (χ1) is 14.4. The number of carbonyl (C=O) groups excluding carboxylic acids is 1. The van der Waals surface area contributed by atoms with Crippen LogP contribution in [0.2, 0.25) is 0 Å². The van der Waals surface area contributed by atoms with Crippen molar-refractivity contribution in [3.05, 3.63) is 65.2 Å². The summed E-state index contributed by atoms with van der Waals surface area (Å²) in [6, 6.07) is 14.0. The Morgan fingerprint density at radius 1 is 1.06 bits per heavy atom. The largest absolute Gasteiger partial charge is 0.434 e. The number of benzene rings is 2. The highest BCUT2D eigenvalue weighted by Crippen LogP contribution is 2.19. The minimum absolute atomic E-state index is 0. The van der Waals surface area contributed by atoms with Crippen LogP contribution in [0.15, 0.2) is 53.5 Å². The smallest absolute Gasteiger partial charge is 0.387 e. The predicted octanol–water partition coefficient (Wildman–Crippen LogP) is 4.30. The van der Waals surface area contributed by atoms with Gasteiger partial charge < -0.3 is 20.7 Å². The Hall–Kier alpha value is -2.43. The van der Waals surface area contributed by atoms with E-state index < -0.39 is 6.61 Å². The van der Waals surface area contributed by atoms with Gasteiger partial charge in [0.15, 0.2) is 5.96 Å². The summed E-state index contributed by atoms with van der Waals surface area (Å²) >= 11 is 0. The predicted molar refractivity (Wildman–Crippen MR) is 129 cm³/mol. The molecule has 0 spiro atoms. The molecule has 0 bridgehead atoms. The normalized spacial score (nSPS) is 12.0. The van der Waals surface area contributed by atoms with Crippen molar-refractivity contribution in [2.24, 2.45) is 4.99 Å². The molecule has 0 aliphatic rings. The van der Waals surface area contributed by atoms with Crippen LogP contribution < -0.4 is 20.7 Å². The van der Waals surface area contributed by atoms with Gasteiger partial charge in [-0.05, 0) is 37.1 Å². The summed E-state index contributed by atoms with van der Waals surface area (Å²) in [5, 5.41) is 9.17. The molecule has 1 atom stereocenters. The number of aliphatic imine (C=N–C) groups is 1. The van der Waals surface area contributed by atoms with Gasteiger partial charge in [-0.3, -0.25) is 9.79 Å². The van der Waals surface area contributed by atoms with Gasteiger partial charge in [0, 0.05) is 37.3 Å². The third-order valence-electron chi connectivity index (χ3n) is 4.52. The summed E-state index contributed by atoms with van der Waals surface area (Å²) in [4.78, 5) is 16.3. The minimum Gasteiger partial charge on any atom is -0.434 e. The van der Waals surface area contributed by atoms with Crippen molar-refractivity contribution in [3.63, 3.8) is 0 Å². The number of amides is 1. The average Bonchev–Trinajstić information content (AvgIpc) is 2.74. The first-order valence-electron chi connectivity index (χ1n) is 9.80. The number of para-hydroxylation sites is 1. The van der Waals surface area contributed by atoms with Gasteiger partial charge in [0.25, 0.3) is 5.91 Å². The molecular formula is C22H29F2IN4O2. The second-order valence-corrected chi connectivity index (χ2v) is 6.75.